The fourth-order valence-electron chi connectivity index (χ4n) is 5.31. The Kier molecular flexibility index (Phi) is 3.60. The zero-order valence-electron chi connectivity index (χ0n) is 13.2. The standard InChI is InChI=1S/C17H29NO2/c1-16(2,3)20-15(19)10-18-11-17-7-12-4-13(8-17)6-14(5-12)9-17/h12-14,18H,4-11H2,1-3H3. The quantitative estimate of drug-likeness (QED) is 0.804. The second-order valence-corrected chi connectivity index (χ2v) is 8.61. The molecule has 0 aromatic rings. The molecule has 0 radical (unpaired) electrons. The maximum absolute atomic E-state index is 11.8. The van der Waals surface area contributed by atoms with E-state index in [0.717, 1.165) is 24.3 Å². The van der Waals surface area contributed by atoms with Gasteiger partial charge in [0.25, 0.3) is 0 Å². The van der Waals surface area contributed by atoms with Gasteiger partial charge in [0.15, 0.2) is 0 Å². The Hall–Kier alpha value is -0.570. The first kappa shape index (κ1) is 14.4. The monoisotopic (exact) mass is 279 g/mol. The minimum Gasteiger partial charge on any atom is -0.459 e. The van der Waals surface area contributed by atoms with E-state index in [1.807, 2.05) is 20.8 Å². The van der Waals surface area contributed by atoms with Crippen LogP contribution in [-0.4, -0.2) is 24.7 Å². The van der Waals surface area contributed by atoms with Crippen LogP contribution < -0.4 is 5.32 Å². The molecule has 0 saturated heterocycles. The summed E-state index contributed by atoms with van der Waals surface area (Å²) < 4.78 is 5.36. The van der Waals surface area contributed by atoms with Crippen LogP contribution in [0, 0.1) is 23.2 Å². The molecule has 0 aromatic carbocycles. The molecule has 20 heavy (non-hydrogen) atoms. The van der Waals surface area contributed by atoms with Gasteiger partial charge in [-0.25, -0.2) is 0 Å². The molecule has 1 N–H and O–H groups in total. The third kappa shape index (κ3) is 3.19. The lowest BCUT2D eigenvalue weighted by atomic mass is 9.49. The van der Waals surface area contributed by atoms with Gasteiger partial charge in [-0.05, 0) is 82.5 Å². The van der Waals surface area contributed by atoms with E-state index in [9.17, 15) is 4.79 Å². The average molecular weight is 279 g/mol. The fourth-order valence-corrected chi connectivity index (χ4v) is 5.31. The molecule has 4 saturated carbocycles. The predicted octanol–water partition coefficient (Wildman–Crippen LogP) is 3.13. The zero-order valence-corrected chi connectivity index (χ0v) is 13.2. The van der Waals surface area contributed by atoms with Crippen LogP contribution in [0.3, 0.4) is 0 Å². The van der Waals surface area contributed by atoms with Crippen LogP contribution in [0.2, 0.25) is 0 Å². The number of hydrogen-bond donors (Lipinski definition) is 1. The van der Waals surface area contributed by atoms with Crippen molar-refractivity contribution in [3.05, 3.63) is 0 Å². The molecule has 0 aromatic heterocycles. The van der Waals surface area contributed by atoms with Crippen molar-refractivity contribution in [3.8, 4) is 0 Å². The summed E-state index contributed by atoms with van der Waals surface area (Å²) in [6, 6.07) is 0. The Morgan fingerprint density at radius 2 is 1.60 bits per heavy atom. The molecule has 4 bridgehead atoms. The van der Waals surface area contributed by atoms with Gasteiger partial charge >= 0.3 is 5.97 Å². The normalized spacial score (nSPS) is 39.0. The van der Waals surface area contributed by atoms with Crippen LogP contribution in [0.4, 0.5) is 0 Å². The number of nitrogens with one attached hydrogen (secondary N) is 1. The van der Waals surface area contributed by atoms with Crippen LogP contribution >= 0.6 is 0 Å². The number of esters is 1. The Labute approximate surface area is 122 Å². The summed E-state index contributed by atoms with van der Waals surface area (Å²) >= 11 is 0. The van der Waals surface area contributed by atoms with Crippen molar-refractivity contribution in [1.82, 2.24) is 5.32 Å². The van der Waals surface area contributed by atoms with Crippen molar-refractivity contribution in [2.45, 2.75) is 64.9 Å². The van der Waals surface area contributed by atoms with Crippen molar-refractivity contribution in [2.24, 2.45) is 23.2 Å². The molecule has 4 aliphatic rings. The first-order valence-corrected chi connectivity index (χ1v) is 8.26. The lowest BCUT2D eigenvalue weighted by Gasteiger charge is -2.57. The molecule has 0 aliphatic heterocycles. The molecule has 4 rings (SSSR count). The predicted molar refractivity (Wildman–Crippen MR) is 79.3 cm³/mol. The van der Waals surface area contributed by atoms with Gasteiger partial charge in [0.2, 0.25) is 0 Å². The summed E-state index contributed by atoms with van der Waals surface area (Å²) in [5.74, 6) is 2.81. The van der Waals surface area contributed by atoms with Crippen LogP contribution in [-0.2, 0) is 9.53 Å². The van der Waals surface area contributed by atoms with Gasteiger partial charge in [-0.1, -0.05) is 0 Å². The molecular weight excluding hydrogens is 250 g/mol. The van der Waals surface area contributed by atoms with Crippen molar-refractivity contribution in [3.63, 3.8) is 0 Å². The minimum atomic E-state index is -0.376. The Morgan fingerprint density at radius 3 is 2.05 bits per heavy atom. The van der Waals surface area contributed by atoms with Crippen molar-refractivity contribution >= 4 is 5.97 Å². The lowest BCUT2D eigenvalue weighted by molar-refractivity contribution is -0.153. The van der Waals surface area contributed by atoms with Gasteiger partial charge in [0.1, 0.15) is 5.60 Å². The Bertz CT molecular complexity index is 348. The molecule has 114 valence electrons. The Morgan fingerprint density at radius 1 is 1.10 bits per heavy atom. The summed E-state index contributed by atoms with van der Waals surface area (Å²) in [6.07, 6.45) is 8.60. The maximum atomic E-state index is 11.8. The highest BCUT2D eigenvalue weighted by Gasteiger charge is 2.50. The molecule has 0 spiro atoms. The van der Waals surface area contributed by atoms with E-state index in [4.69, 9.17) is 4.74 Å². The number of hydrogen-bond acceptors (Lipinski definition) is 3. The van der Waals surface area contributed by atoms with E-state index in [0.29, 0.717) is 12.0 Å². The minimum absolute atomic E-state index is 0.123. The highest BCUT2D eigenvalue weighted by Crippen LogP contribution is 2.59. The van der Waals surface area contributed by atoms with E-state index in [1.165, 1.54) is 38.5 Å². The van der Waals surface area contributed by atoms with E-state index in [2.05, 4.69) is 5.32 Å². The third-order valence-corrected chi connectivity index (χ3v) is 5.35. The lowest BCUT2D eigenvalue weighted by Crippen LogP contribution is -2.51. The molecule has 0 atom stereocenters. The molecule has 3 heteroatoms. The Balaban J connectivity index is 1.48. The van der Waals surface area contributed by atoms with Gasteiger partial charge in [-0.2, -0.15) is 0 Å². The average Bonchev–Trinajstić information content (AvgIpc) is 2.23. The SMILES string of the molecule is CC(C)(C)OC(=O)CNCC12CC3CC(CC(C3)C1)C2. The smallest absolute Gasteiger partial charge is 0.320 e. The van der Waals surface area contributed by atoms with E-state index >= 15 is 0 Å². The third-order valence-electron chi connectivity index (χ3n) is 5.35. The van der Waals surface area contributed by atoms with Crippen molar-refractivity contribution in [1.29, 1.82) is 0 Å². The van der Waals surface area contributed by atoms with Crippen molar-refractivity contribution < 1.29 is 9.53 Å². The highest BCUT2D eigenvalue weighted by atomic mass is 16.6. The summed E-state index contributed by atoms with van der Waals surface area (Å²) in [6.45, 7) is 7.13. The van der Waals surface area contributed by atoms with Gasteiger partial charge in [0.05, 0.1) is 6.54 Å². The van der Waals surface area contributed by atoms with E-state index in [1.54, 1.807) is 0 Å². The van der Waals surface area contributed by atoms with Crippen molar-refractivity contribution in [2.75, 3.05) is 13.1 Å². The number of rotatable bonds is 4. The summed E-state index contributed by atoms with van der Waals surface area (Å²) in [5, 5.41) is 3.39. The summed E-state index contributed by atoms with van der Waals surface area (Å²) in [5.41, 5.74) is 0.121. The van der Waals surface area contributed by atoms with Crippen LogP contribution in [0.1, 0.15) is 59.3 Å². The number of ether oxygens (including phenoxy) is 1. The maximum Gasteiger partial charge on any atom is 0.320 e. The van der Waals surface area contributed by atoms with Gasteiger partial charge in [0, 0.05) is 6.54 Å². The molecule has 4 aliphatic carbocycles. The number of carbonyl (C=O) groups excluding carboxylic acids is 1. The summed E-state index contributed by atoms with van der Waals surface area (Å²) in [7, 11) is 0. The molecule has 0 amide bonds. The van der Waals surface area contributed by atoms with Crippen LogP contribution in [0.25, 0.3) is 0 Å². The topological polar surface area (TPSA) is 38.3 Å². The first-order valence-electron chi connectivity index (χ1n) is 8.26. The molecular formula is C17H29NO2. The second kappa shape index (κ2) is 5.01. The summed E-state index contributed by atoms with van der Waals surface area (Å²) in [4.78, 5) is 11.8. The van der Waals surface area contributed by atoms with Gasteiger partial charge in [-0.3, -0.25) is 4.79 Å². The largest absolute Gasteiger partial charge is 0.459 e. The molecule has 3 nitrogen and oxygen atoms in total. The van der Waals surface area contributed by atoms with Crippen LogP contribution in [0.15, 0.2) is 0 Å². The highest BCUT2D eigenvalue weighted by molar-refractivity contribution is 5.72. The van der Waals surface area contributed by atoms with Gasteiger partial charge in [-0.15, -0.1) is 0 Å². The van der Waals surface area contributed by atoms with Crippen LogP contribution in [0.5, 0.6) is 0 Å². The zero-order chi connectivity index (χ0) is 14.4. The molecule has 4 fully saturated rings. The van der Waals surface area contributed by atoms with E-state index in [-0.39, 0.29) is 11.6 Å². The second-order valence-electron chi connectivity index (χ2n) is 8.61. The molecule has 0 heterocycles. The van der Waals surface area contributed by atoms with E-state index < -0.39 is 0 Å². The first-order chi connectivity index (χ1) is 9.34. The van der Waals surface area contributed by atoms with Gasteiger partial charge < -0.3 is 10.1 Å². The fraction of sp³-hybridized carbons (Fsp3) is 0.941. The number of carbonyl (C=O) groups is 1. The molecule has 0 unspecified atom stereocenters.